The molecule has 0 aromatic carbocycles. The van der Waals surface area contributed by atoms with Crippen LogP contribution < -0.4 is 5.73 Å². The number of amides is 1. The highest BCUT2D eigenvalue weighted by Crippen LogP contribution is 2.48. The number of hydrogen-bond acceptors (Lipinski definition) is 2. The maximum Gasteiger partial charge on any atom is 0.229 e. The summed E-state index contributed by atoms with van der Waals surface area (Å²) in [6.07, 6.45) is 11.2. The monoisotopic (exact) mass is 278 g/mol. The van der Waals surface area contributed by atoms with E-state index in [1.807, 2.05) is 11.9 Å². The summed E-state index contributed by atoms with van der Waals surface area (Å²) in [5, 5.41) is 0. The Morgan fingerprint density at radius 2 is 1.95 bits per heavy atom. The van der Waals surface area contributed by atoms with Gasteiger partial charge in [-0.1, -0.05) is 25.7 Å². The summed E-state index contributed by atoms with van der Waals surface area (Å²) in [5.41, 5.74) is 5.77. The zero-order chi connectivity index (χ0) is 14.2. The molecule has 2 N–H and O–H groups in total. The molecule has 20 heavy (non-hydrogen) atoms. The number of hydrogen-bond donors (Lipinski definition) is 1. The first kappa shape index (κ1) is 14.4. The van der Waals surface area contributed by atoms with Crippen molar-refractivity contribution >= 4 is 5.91 Å². The van der Waals surface area contributed by atoms with Crippen molar-refractivity contribution < 1.29 is 4.79 Å². The highest BCUT2D eigenvalue weighted by Gasteiger charge is 2.43. The Morgan fingerprint density at radius 3 is 2.50 bits per heavy atom. The van der Waals surface area contributed by atoms with Gasteiger partial charge in [0.1, 0.15) is 0 Å². The van der Waals surface area contributed by atoms with Crippen LogP contribution in [0.1, 0.15) is 57.8 Å². The minimum atomic E-state index is -0.232. The maximum absolute atomic E-state index is 12.9. The first-order chi connectivity index (χ1) is 9.64. The molecule has 3 nitrogen and oxygen atoms in total. The van der Waals surface area contributed by atoms with Crippen LogP contribution in [0.15, 0.2) is 0 Å². The van der Waals surface area contributed by atoms with Crippen molar-refractivity contribution in [2.75, 3.05) is 20.1 Å². The maximum atomic E-state index is 12.9. The molecule has 3 saturated carbocycles. The van der Waals surface area contributed by atoms with E-state index >= 15 is 0 Å². The number of fused-ring (bicyclic) bond motifs is 2. The third kappa shape index (κ3) is 2.49. The molecule has 3 atom stereocenters. The highest BCUT2D eigenvalue weighted by atomic mass is 16.2. The molecule has 0 aromatic heterocycles. The fourth-order valence-electron chi connectivity index (χ4n) is 5.17. The Labute approximate surface area is 123 Å². The Hall–Kier alpha value is -0.570. The van der Waals surface area contributed by atoms with Crippen molar-refractivity contribution in [3.63, 3.8) is 0 Å². The minimum Gasteiger partial charge on any atom is -0.345 e. The molecular weight excluding hydrogens is 248 g/mol. The van der Waals surface area contributed by atoms with Crippen LogP contribution in [0.4, 0.5) is 0 Å². The van der Waals surface area contributed by atoms with Gasteiger partial charge in [-0.15, -0.1) is 0 Å². The van der Waals surface area contributed by atoms with Crippen LogP contribution in [-0.2, 0) is 4.79 Å². The fourth-order valence-corrected chi connectivity index (χ4v) is 5.17. The van der Waals surface area contributed by atoms with E-state index in [9.17, 15) is 4.79 Å². The molecule has 1 amide bonds. The fraction of sp³-hybridized carbons (Fsp3) is 0.941. The Balaban J connectivity index is 1.61. The number of carbonyl (C=O) groups is 1. The average Bonchev–Trinajstić information content (AvgIpc) is 3.09. The van der Waals surface area contributed by atoms with Gasteiger partial charge >= 0.3 is 0 Å². The zero-order valence-corrected chi connectivity index (χ0v) is 12.9. The molecule has 2 bridgehead atoms. The number of nitrogens with two attached hydrogens (primary N) is 1. The molecule has 0 aliphatic heterocycles. The molecule has 3 fully saturated rings. The van der Waals surface area contributed by atoms with E-state index in [0.29, 0.717) is 12.5 Å². The van der Waals surface area contributed by atoms with Crippen molar-refractivity contribution in [1.29, 1.82) is 0 Å². The first-order valence-electron chi connectivity index (χ1n) is 8.60. The van der Waals surface area contributed by atoms with E-state index in [2.05, 4.69) is 0 Å². The molecule has 3 aliphatic rings. The molecule has 3 heteroatoms. The van der Waals surface area contributed by atoms with Crippen molar-refractivity contribution in [3.05, 3.63) is 0 Å². The third-order valence-electron chi connectivity index (χ3n) is 6.39. The van der Waals surface area contributed by atoms with Gasteiger partial charge in [0.05, 0.1) is 5.41 Å². The average molecular weight is 278 g/mol. The Kier molecular flexibility index (Phi) is 4.07. The summed E-state index contributed by atoms with van der Waals surface area (Å²) >= 11 is 0. The second kappa shape index (κ2) is 5.67. The van der Waals surface area contributed by atoms with Crippen LogP contribution in [0.3, 0.4) is 0 Å². The lowest BCUT2D eigenvalue weighted by Crippen LogP contribution is -2.49. The lowest BCUT2D eigenvalue weighted by Gasteiger charge is -2.39. The summed E-state index contributed by atoms with van der Waals surface area (Å²) in [6.45, 7) is 1.51. The molecule has 3 unspecified atom stereocenters. The lowest BCUT2D eigenvalue weighted by molar-refractivity contribution is -0.143. The third-order valence-corrected chi connectivity index (χ3v) is 6.39. The lowest BCUT2D eigenvalue weighted by atomic mass is 9.73. The Bertz CT molecular complexity index is 362. The summed E-state index contributed by atoms with van der Waals surface area (Å²) in [6, 6.07) is 0. The second-order valence-electron chi connectivity index (χ2n) is 7.67. The van der Waals surface area contributed by atoms with Gasteiger partial charge in [-0.25, -0.2) is 0 Å². The molecule has 114 valence electrons. The number of rotatable bonds is 4. The van der Waals surface area contributed by atoms with Gasteiger partial charge in [0.2, 0.25) is 5.91 Å². The smallest absolute Gasteiger partial charge is 0.229 e. The van der Waals surface area contributed by atoms with Crippen molar-refractivity contribution in [1.82, 2.24) is 4.90 Å². The highest BCUT2D eigenvalue weighted by molar-refractivity contribution is 5.83. The van der Waals surface area contributed by atoms with Gasteiger partial charge in [-0.05, 0) is 49.9 Å². The van der Waals surface area contributed by atoms with E-state index in [1.54, 1.807) is 0 Å². The van der Waals surface area contributed by atoms with Gasteiger partial charge in [0.25, 0.3) is 0 Å². The van der Waals surface area contributed by atoms with Gasteiger partial charge in [0.15, 0.2) is 0 Å². The molecule has 3 aliphatic carbocycles. The minimum absolute atomic E-state index is 0.232. The van der Waals surface area contributed by atoms with E-state index < -0.39 is 0 Å². The summed E-state index contributed by atoms with van der Waals surface area (Å²) in [4.78, 5) is 14.9. The van der Waals surface area contributed by atoms with E-state index in [0.717, 1.165) is 37.1 Å². The summed E-state index contributed by atoms with van der Waals surface area (Å²) in [5.74, 6) is 2.96. The molecule has 3 rings (SSSR count). The molecule has 0 saturated heterocycles. The quantitative estimate of drug-likeness (QED) is 0.859. The van der Waals surface area contributed by atoms with Gasteiger partial charge in [0, 0.05) is 20.1 Å². The molecule has 0 radical (unpaired) electrons. The van der Waals surface area contributed by atoms with Crippen molar-refractivity contribution in [3.8, 4) is 0 Å². The SMILES string of the molecule is CN(CC1CC2CCC1C2)C(=O)C1(CN)CCCCC1. The van der Waals surface area contributed by atoms with Crippen LogP contribution in [-0.4, -0.2) is 30.9 Å². The molecule has 0 spiro atoms. The molecule has 0 heterocycles. The topological polar surface area (TPSA) is 46.3 Å². The number of nitrogens with zero attached hydrogens (tertiary/aromatic N) is 1. The van der Waals surface area contributed by atoms with Crippen LogP contribution in [0.25, 0.3) is 0 Å². The van der Waals surface area contributed by atoms with Crippen LogP contribution in [0.5, 0.6) is 0 Å². The second-order valence-corrected chi connectivity index (χ2v) is 7.67. The largest absolute Gasteiger partial charge is 0.345 e. The van der Waals surface area contributed by atoms with Gasteiger partial charge in [-0.2, -0.15) is 0 Å². The van der Waals surface area contributed by atoms with Gasteiger partial charge < -0.3 is 10.6 Å². The predicted octanol–water partition coefficient (Wildman–Crippen LogP) is 2.79. The Morgan fingerprint density at radius 1 is 1.20 bits per heavy atom. The number of carbonyl (C=O) groups excluding carboxylic acids is 1. The predicted molar refractivity (Wildman–Crippen MR) is 81.1 cm³/mol. The zero-order valence-electron chi connectivity index (χ0n) is 12.9. The first-order valence-corrected chi connectivity index (χ1v) is 8.60. The standard InChI is InChI=1S/C17H30N2O/c1-19(11-15-10-13-5-6-14(15)9-13)16(20)17(12-18)7-3-2-4-8-17/h13-15H,2-12,18H2,1H3. The molecular formula is C17H30N2O. The van der Waals surface area contributed by atoms with E-state index in [4.69, 9.17) is 5.73 Å². The van der Waals surface area contributed by atoms with Crippen molar-refractivity contribution in [2.24, 2.45) is 28.9 Å². The van der Waals surface area contributed by atoms with Crippen LogP contribution >= 0.6 is 0 Å². The molecule has 0 aromatic rings. The van der Waals surface area contributed by atoms with E-state index in [-0.39, 0.29) is 5.41 Å². The normalized spacial score (nSPS) is 35.2. The van der Waals surface area contributed by atoms with Crippen LogP contribution in [0, 0.1) is 23.2 Å². The van der Waals surface area contributed by atoms with Gasteiger partial charge in [-0.3, -0.25) is 4.79 Å². The van der Waals surface area contributed by atoms with Crippen LogP contribution in [0.2, 0.25) is 0 Å². The van der Waals surface area contributed by atoms with E-state index in [1.165, 1.54) is 44.9 Å². The summed E-state index contributed by atoms with van der Waals surface area (Å²) < 4.78 is 0. The summed E-state index contributed by atoms with van der Waals surface area (Å²) in [7, 11) is 2.01. The van der Waals surface area contributed by atoms with Crippen molar-refractivity contribution in [2.45, 2.75) is 57.8 Å².